The Labute approximate surface area is 113 Å². The van der Waals surface area contributed by atoms with Crippen LogP contribution in [0.3, 0.4) is 0 Å². The number of aliphatic hydroxyl groups excluding tert-OH is 1. The number of piperidine rings is 2. The number of fused-ring (bicyclic) bond motifs is 1. The Bertz CT molecular complexity index is 473. The number of aliphatic hydroxyl groups is 1. The molecule has 0 radical (unpaired) electrons. The first-order chi connectivity index (χ1) is 9.12. The standard InChI is InChI=1S/C15H21N3O/c16-15-10-17-6-7-18(11-15)9-14(8-17,13(15)19)12-4-2-1-3-5-12/h1-5,13,19H,6-11,16H2. The van der Waals surface area contributed by atoms with Crippen molar-refractivity contribution < 1.29 is 5.11 Å². The average molecular weight is 259 g/mol. The van der Waals surface area contributed by atoms with Gasteiger partial charge in [0.15, 0.2) is 0 Å². The largest absolute Gasteiger partial charge is 0.390 e. The molecule has 4 aliphatic rings. The van der Waals surface area contributed by atoms with E-state index >= 15 is 0 Å². The molecule has 4 heterocycles. The van der Waals surface area contributed by atoms with Crippen molar-refractivity contribution in [2.45, 2.75) is 17.1 Å². The number of nitrogens with zero attached hydrogens (tertiary/aromatic N) is 2. The quantitative estimate of drug-likeness (QED) is 0.722. The van der Waals surface area contributed by atoms with Crippen molar-refractivity contribution in [3.05, 3.63) is 35.9 Å². The Kier molecular flexibility index (Phi) is 2.37. The highest BCUT2D eigenvalue weighted by Gasteiger charge is 2.60. The van der Waals surface area contributed by atoms with Gasteiger partial charge < -0.3 is 10.8 Å². The van der Waals surface area contributed by atoms with Crippen LogP contribution in [0.2, 0.25) is 0 Å². The summed E-state index contributed by atoms with van der Waals surface area (Å²) in [6.45, 7) is 5.63. The molecular formula is C15H21N3O. The number of hydrogen-bond donors (Lipinski definition) is 2. The summed E-state index contributed by atoms with van der Waals surface area (Å²) in [4.78, 5) is 4.87. The number of nitrogens with two attached hydrogens (primary N) is 1. The lowest BCUT2D eigenvalue weighted by Gasteiger charge is -2.58. The Morgan fingerprint density at radius 1 is 1.00 bits per heavy atom. The Morgan fingerprint density at radius 2 is 1.58 bits per heavy atom. The van der Waals surface area contributed by atoms with Crippen LogP contribution in [0.1, 0.15) is 5.56 Å². The summed E-state index contributed by atoms with van der Waals surface area (Å²) in [7, 11) is 0. The van der Waals surface area contributed by atoms with Gasteiger partial charge in [0.25, 0.3) is 0 Å². The molecule has 5 rings (SSSR count). The van der Waals surface area contributed by atoms with Crippen molar-refractivity contribution in [2.75, 3.05) is 39.3 Å². The first kappa shape index (κ1) is 11.9. The van der Waals surface area contributed by atoms with Crippen molar-refractivity contribution in [1.29, 1.82) is 0 Å². The van der Waals surface area contributed by atoms with Crippen molar-refractivity contribution in [3.63, 3.8) is 0 Å². The molecule has 4 nitrogen and oxygen atoms in total. The lowest BCUT2D eigenvalue weighted by molar-refractivity contribution is -0.0889. The number of hydrogen-bond acceptors (Lipinski definition) is 4. The molecule has 3 unspecified atom stereocenters. The highest BCUT2D eigenvalue weighted by molar-refractivity contribution is 5.35. The van der Waals surface area contributed by atoms with Crippen molar-refractivity contribution in [2.24, 2.45) is 5.73 Å². The molecule has 0 aromatic heterocycles. The van der Waals surface area contributed by atoms with Crippen LogP contribution in [0.4, 0.5) is 0 Å². The maximum atomic E-state index is 10.9. The van der Waals surface area contributed by atoms with E-state index in [1.54, 1.807) is 0 Å². The second kappa shape index (κ2) is 3.79. The summed E-state index contributed by atoms with van der Waals surface area (Å²) >= 11 is 0. The summed E-state index contributed by atoms with van der Waals surface area (Å²) < 4.78 is 0. The summed E-state index contributed by atoms with van der Waals surface area (Å²) in [6.07, 6.45) is -0.451. The van der Waals surface area contributed by atoms with Crippen LogP contribution in [0.25, 0.3) is 0 Å². The minimum Gasteiger partial charge on any atom is -0.390 e. The fraction of sp³-hybridized carbons (Fsp3) is 0.600. The molecule has 4 heteroatoms. The molecule has 1 aromatic carbocycles. The van der Waals surface area contributed by atoms with Crippen molar-refractivity contribution in [1.82, 2.24) is 9.80 Å². The van der Waals surface area contributed by atoms with Crippen LogP contribution in [0.15, 0.2) is 30.3 Å². The zero-order valence-corrected chi connectivity index (χ0v) is 11.1. The molecule has 4 bridgehead atoms. The van der Waals surface area contributed by atoms with E-state index in [4.69, 9.17) is 5.73 Å². The van der Waals surface area contributed by atoms with Crippen LogP contribution >= 0.6 is 0 Å². The molecule has 102 valence electrons. The van der Waals surface area contributed by atoms with E-state index in [0.29, 0.717) is 0 Å². The summed E-state index contributed by atoms with van der Waals surface area (Å²) in [6, 6.07) is 10.4. The van der Waals surface area contributed by atoms with Crippen LogP contribution in [-0.2, 0) is 5.41 Å². The molecular weight excluding hydrogens is 238 g/mol. The fourth-order valence-corrected chi connectivity index (χ4v) is 4.45. The van der Waals surface area contributed by atoms with Gasteiger partial charge >= 0.3 is 0 Å². The maximum absolute atomic E-state index is 10.9. The van der Waals surface area contributed by atoms with Gasteiger partial charge in [-0.25, -0.2) is 0 Å². The molecule has 1 aromatic rings. The van der Waals surface area contributed by atoms with E-state index in [9.17, 15) is 5.11 Å². The molecule has 0 saturated carbocycles. The lowest BCUT2D eigenvalue weighted by Crippen LogP contribution is -2.78. The third-order valence-corrected chi connectivity index (χ3v) is 5.20. The summed E-state index contributed by atoms with van der Waals surface area (Å²) in [5.74, 6) is 0. The molecule has 4 aliphatic heterocycles. The Morgan fingerprint density at radius 3 is 2.16 bits per heavy atom. The molecule has 19 heavy (non-hydrogen) atoms. The fourth-order valence-electron chi connectivity index (χ4n) is 4.45. The smallest absolute Gasteiger partial charge is 0.0865 e. The van der Waals surface area contributed by atoms with Gasteiger partial charge in [-0.15, -0.1) is 0 Å². The highest BCUT2D eigenvalue weighted by atomic mass is 16.3. The van der Waals surface area contributed by atoms with E-state index in [1.807, 2.05) is 6.07 Å². The van der Waals surface area contributed by atoms with Gasteiger partial charge in [0.2, 0.25) is 0 Å². The topological polar surface area (TPSA) is 52.7 Å². The van der Waals surface area contributed by atoms with Crippen LogP contribution in [0.5, 0.6) is 0 Å². The van der Waals surface area contributed by atoms with Crippen LogP contribution < -0.4 is 5.73 Å². The van der Waals surface area contributed by atoms with E-state index in [0.717, 1.165) is 39.3 Å². The molecule has 3 N–H and O–H groups in total. The van der Waals surface area contributed by atoms with Gasteiger partial charge in [0.05, 0.1) is 11.6 Å². The Balaban J connectivity index is 1.87. The monoisotopic (exact) mass is 259 g/mol. The van der Waals surface area contributed by atoms with Gasteiger partial charge in [0.1, 0.15) is 0 Å². The zero-order valence-electron chi connectivity index (χ0n) is 11.1. The van der Waals surface area contributed by atoms with Crippen molar-refractivity contribution >= 4 is 0 Å². The molecule has 4 fully saturated rings. The van der Waals surface area contributed by atoms with Gasteiger partial charge in [-0.3, -0.25) is 9.80 Å². The van der Waals surface area contributed by atoms with Gasteiger partial charge in [-0.1, -0.05) is 30.3 Å². The molecule has 0 amide bonds. The molecule has 4 saturated heterocycles. The Hall–Kier alpha value is -0.940. The second-order valence-electron chi connectivity index (χ2n) is 6.58. The second-order valence-corrected chi connectivity index (χ2v) is 6.58. The van der Waals surface area contributed by atoms with Gasteiger partial charge in [-0.2, -0.15) is 0 Å². The van der Waals surface area contributed by atoms with Gasteiger partial charge in [0, 0.05) is 44.7 Å². The maximum Gasteiger partial charge on any atom is 0.0865 e. The lowest BCUT2D eigenvalue weighted by atomic mass is 9.63. The molecule has 0 aliphatic carbocycles. The SMILES string of the molecule is NC12CN3CCN(C1)CC(c1ccccc1)(C3)C2O. The van der Waals surface area contributed by atoms with Crippen LogP contribution in [-0.4, -0.2) is 65.8 Å². The first-order valence-corrected chi connectivity index (χ1v) is 7.10. The van der Waals surface area contributed by atoms with Crippen LogP contribution in [0, 0.1) is 0 Å². The highest BCUT2D eigenvalue weighted by Crippen LogP contribution is 2.43. The predicted octanol–water partition coefficient (Wildman–Crippen LogP) is -0.372. The van der Waals surface area contributed by atoms with E-state index in [1.165, 1.54) is 5.56 Å². The average Bonchev–Trinajstić information content (AvgIpc) is 2.64. The molecule has 0 spiro atoms. The van der Waals surface area contributed by atoms with E-state index < -0.39 is 11.6 Å². The van der Waals surface area contributed by atoms with E-state index in [2.05, 4.69) is 34.1 Å². The zero-order chi connectivity index (χ0) is 13.1. The summed E-state index contributed by atoms with van der Waals surface area (Å²) in [5, 5.41) is 10.9. The minimum absolute atomic E-state index is 0.219. The van der Waals surface area contributed by atoms with Crippen molar-refractivity contribution in [3.8, 4) is 0 Å². The molecule has 3 atom stereocenters. The van der Waals surface area contributed by atoms with Gasteiger partial charge in [-0.05, 0) is 5.56 Å². The third-order valence-electron chi connectivity index (χ3n) is 5.20. The van der Waals surface area contributed by atoms with E-state index in [-0.39, 0.29) is 5.41 Å². The third kappa shape index (κ3) is 1.54. The number of rotatable bonds is 1. The predicted molar refractivity (Wildman–Crippen MR) is 73.9 cm³/mol. The summed E-state index contributed by atoms with van der Waals surface area (Å²) in [5.41, 5.74) is 7.08. The minimum atomic E-state index is -0.483. The normalized spacial score (nSPS) is 48.2. The number of benzene rings is 1. The first-order valence-electron chi connectivity index (χ1n) is 7.10.